The molecule has 51 heavy (non-hydrogen) atoms. The molecule has 240 valence electrons. The molecule has 0 aliphatic rings. The average Bonchev–Trinajstić information content (AvgIpc) is 3.78. The average molecular weight is 655 g/mol. The summed E-state index contributed by atoms with van der Waals surface area (Å²) in [4.78, 5) is 7.07. The fourth-order valence-corrected chi connectivity index (χ4v) is 7.18. The second kappa shape index (κ2) is 11.9. The number of oxazole rings is 1. The van der Waals surface area contributed by atoms with Crippen LogP contribution in [0, 0.1) is 0 Å². The van der Waals surface area contributed by atoms with E-state index in [-0.39, 0.29) is 0 Å². The van der Waals surface area contributed by atoms with E-state index in [1.54, 1.807) is 0 Å². The lowest BCUT2D eigenvalue weighted by molar-refractivity contribution is 0.620. The van der Waals surface area contributed by atoms with Gasteiger partial charge in [0.05, 0.1) is 0 Å². The normalized spacial score (nSPS) is 11.5. The van der Waals surface area contributed by atoms with E-state index in [0.717, 1.165) is 55.7 Å². The molecule has 4 heteroatoms. The Morgan fingerprint density at radius 1 is 0.373 bits per heavy atom. The largest absolute Gasteiger partial charge is 0.456 e. The molecule has 0 aliphatic carbocycles. The van der Waals surface area contributed by atoms with Crippen LogP contribution in [0.5, 0.6) is 0 Å². The lowest BCUT2D eigenvalue weighted by atomic mass is 9.98. The van der Waals surface area contributed by atoms with Crippen LogP contribution in [0.3, 0.4) is 0 Å². The van der Waals surface area contributed by atoms with E-state index in [4.69, 9.17) is 13.8 Å². The van der Waals surface area contributed by atoms with Crippen LogP contribution >= 0.6 is 0 Å². The smallest absolute Gasteiger partial charge is 0.227 e. The van der Waals surface area contributed by atoms with E-state index < -0.39 is 0 Å². The predicted molar refractivity (Wildman–Crippen MR) is 210 cm³/mol. The molecule has 10 aromatic rings. The van der Waals surface area contributed by atoms with Gasteiger partial charge in [-0.1, -0.05) is 115 Å². The van der Waals surface area contributed by atoms with Crippen molar-refractivity contribution in [2.75, 3.05) is 4.90 Å². The van der Waals surface area contributed by atoms with E-state index in [2.05, 4.69) is 144 Å². The molecular weight excluding hydrogens is 625 g/mol. The molecule has 0 saturated heterocycles. The van der Waals surface area contributed by atoms with Gasteiger partial charge in [0.1, 0.15) is 16.7 Å². The second-order valence-electron chi connectivity index (χ2n) is 12.8. The highest BCUT2D eigenvalue weighted by Gasteiger charge is 2.18. The Hall–Kier alpha value is -6.91. The van der Waals surface area contributed by atoms with Crippen LogP contribution in [0.4, 0.5) is 17.1 Å². The maximum Gasteiger partial charge on any atom is 0.227 e. The van der Waals surface area contributed by atoms with Crippen LogP contribution in [-0.2, 0) is 0 Å². The first-order valence-corrected chi connectivity index (χ1v) is 17.1. The Labute approximate surface area is 294 Å². The van der Waals surface area contributed by atoms with Crippen LogP contribution in [-0.4, -0.2) is 4.98 Å². The van der Waals surface area contributed by atoms with E-state index in [1.807, 2.05) is 42.5 Å². The molecule has 8 aromatic carbocycles. The third-order valence-corrected chi connectivity index (χ3v) is 9.70. The summed E-state index contributed by atoms with van der Waals surface area (Å²) in [5.41, 5.74) is 11.9. The van der Waals surface area contributed by atoms with Crippen molar-refractivity contribution in [3.63, 3.8) is 0 Å². The zero-order valence-electron chi connectivity index (χ0n) is 27.5. The monoisotopic (exact) mass is 654 g/mol. The molecule has 0 unspecified atom stereocenters. The summed E-state index contributed by atoms with van der Waals surface area (Å²) >= 11 is 0. The van der Waals surface area contributed by atoms with Gasteiger partial charge in [0.25, 0.3) is 0 Å². The van der Waals surface area contributed by atoms with Gasteiger partial charge in [0, 0.05) is 39.5 Å². The highest BCUT2D eigenvalue weighted by Crippen LogP contribution is 2.41. The highest BCUT2D eigenvalue weighted by atomic mass is 16.4. The van der Waals surface area contributed by atoms with Gasteiger partial charge in [-0.2, -0.15) is 0 Å². The molecule has 0 aliphatic heterocycles. The zero-order valence-corrected chi connectivity index (χ0v) is 27.5. The summed E-state index contributed by atoms with van der Waals surface area (Å²) in [6, 6.07) is 63.6. The molecule has 0 bridgehead atoms. The fourth-order valence-electron chi connectivity index (χ4n) is 7.18. The Balaban J connectivity index is 1.10. The van der Waals surface area contributed by atoms with Gasteiger partial charge in [-0.05, 0) is 93.7 Å². The number of aromatic nitrogens is 1. The molecule has 2 aromatic heterocycles. The Bertz CT molecular complexity index is 2830. The summed E-state index contributed by atoms with van der Waals surface area (Å²) in [5, 5.41) is 4.48. The Morgan fingerprint density at radius 3 is 1.75 bits per heavy atom. The molecule has 0 amide bonds. The van der Waals surface area contributed by atoms with Crippen molar-refractivity contribution in [2.24, 2.45) is 0 Å². The first kappa shape index (κ1) is 29.0. The van der Waals surface area contributed by atoms with Crippen molar-refractivity contribution in [1.29, 1.82) is 0 Å². The number of anilines is 3. The maximum atomic E-state index is 6.39. The number of nitrogens with zero attached hydrogens (tertiary/aromatic N) is 2. The topological polar surface area (TPSA) is 42.4 Å². The lowest BCUT2D eigenvalue weighted by Gasteiger charge is -2.26. The van der Waals surface area contributed by atoms with Crippen LogP contribution < -0.4 is 4.90 Å². The summed E-state index contributed by atoms with van der Waals surface area (Å²) in [5.74, 6) is 0.598. The van der Waals surface area contributed by atoms with Gasteiger partial charge in [-0.15, -0.1) is 0 Å². The van der Waals surface area contributed by atoms with Gasteiger partial charge in [0.2, 0.25) is 5.89 Å². The molecule has 0 atom stereocenters. The van der Waals surface area contributed by atoms with Gasteiger partial charge in [0.15, 0.2) is 5.58 Å². The van der Waals surface area contributed by atoms with Crippen LogP contribution in [0.15, 0.2) is 191 Å². The molecular formula is C47H30N2O2. The second-order valence-corrected chi connectivity index (χ2v) is 12.8. The van der Waals surface area contributed by atoms with Crippen molar-refractivity contribution in [1.82, 2.24) is 4.98 Å². The number of fused-ring (bicyclic) bond motifs is 5. The van der Waals surface area contributed by atoms with Gasteiger partial charge in [-0.3, -0.25) is 0 Å². The molecule has 0 spiro atoms. The molecule has 0 N–H and O–H groups in total. The number of rotatable bonds is 6. The standard InChI is InChI=1S/C47H30N2O2/c1-3-10-31(11-4-1)32-18-22-36(23-19-32)49(37-24-20-34(21-25-37)40-17-9-15-33-12-7-8-16-39(33)40)38-26-27-44-41(28-38)42-29-46-43(30-45(42)50-44)48-47(51-46)35-13-5-2-6-14-35/h1-30H. The molecule has 4 nitrogen and oxygen atoms in total. The summed E-state index contributed by atoms with van der Waals surface area (Å²) in [6.45, 7) is 0. The Morgan fingerprint density at radius 2 is 0.980 bits per heavy atom. The SMILES string of the molecule is c1ccc(-c2ccc(N(c3ccc(-c4cccc5ccccc45)cc3)c3ccc4oc5cc6nc(-c7ccccc7)oc6cc5c4c3)cc2)cc1. The predicted octanol–water partition coefficient (Wildman–Crippen LogP) is 13.4. The van der Waals surface area contributed by atoms with Crippen molar-refractivity contribution in [2.45, 2.75) is 0 Å². The maximum absolute atomic E-state index is 6.39. The molecule has 0 fully saturated rings. The van der Waals surface area contributed by atoms with Crippen molar-refractivity contribution >= 4 is 60.9 Å². The molecule has 0 saturated carbocycles. The summed E-state index contributed by atoms with van der Waals surface area (Å²) in [6.07, 6.45) is 0. The van der Waals surface area contributed by atoms with E-state index in [0.29, 0.717) is 5.89 Å². The first-order valence-electron chi connectivity index (χ1n) is 17.1. The number of benzene rings is 8. The third-order valence-electron chi connectivity index (χ3n) is 9.70. The van der Waals surface area contributed by atoms with Crippen molar-refractivity contribution in [3.05, 3.63) is 182 Å². The minimum Gasteiger partial charge on any atom is -0.456 e. The number of furan rings is 1. The Kier molecular flexibility index (Phi) is 6.78. The fraction of sp³-hybridized carbons (Fsp3) is 0. The lowest BCUT2D eigenvalue weighted by Crippen LogP contribution is -2.09. The summed E-state index contributed by atoms with van der Waals surface area (Å²) < 4.78 is 12.6. The number of hydrogen-bond donors (Lipinski definition) is 0. The first-order chi connectivity index (χ1) is 25.2. The van der Waals surface area contributed by atoms with Gasteiger partial charge < -0.3 is 13.7 Å². The zero-order chi connectivity index (χ0) is 33.7. The highest BCUT2D eigenvalue weighted by molar-refractivity contribution is 6.10. The molecule has 0 radical (unpaired) electrons. The van der Waals surface area contributed by atoms with Crippen LogP contribution in [0.1, 0.15) is 0 Å². The third kappa shape index (κ3) is 5.13. The van der Waals surface area contributed by atoms with Crippen molar-refractivity contribution in [3.8, 4) is 33.7 Å². The van der Waals surface area contributed by atoms with E-state index in [9.17, 15) is 0 Å². The molecule has 2 heterocycles. The van der Waals surface area contributed by atoms with E-state index in [1.165, 1.54) is 33.0 Å². The minimum absolute atomic E-state index is 0.598. The van der Waals surface area contributed by atoms with Gasteiger partial charge >= 0.3 is 0 Å². The quantitative estimate of drug-likeness (QED) is 0.179. The minimum atomic E-state index is 0.598. The number of hydrogen-bond acceptors (Lipinski definition) is 4. The van der Waals surface area contributed by atoms with E-state index >= 15 is 0 Å². The summed E-state index contributed by atoms with van der Waals surface area (Å²) in [7, 11) is 0. The van der Waals surface area contributed by atoms with Crippen LogP contribution in [0.2, 0.25) is 0 Å². The van der Waals surface area contributed by atoms with Crippen molar-refractivity contribution < 1.29 is 8.83 Å². The molecule has 10 rings (SSSR count). The van der Waals surface area contributed by atoms with Gasteiger partial charge in [-0.25, -0.2) is 4.98 Å². The van der Waals surface area contributed by atoms with Crippen LogP contribution in [0.25, 0.3) is 77.5 Å².